The zero-order chi connectivity index (χ0) is 12.3. The van der Waals surface area contributed by atoms with Gasteiger partial charge in [0.25, 0.3) is 0 Å². The monoisotopic (exact) mass is 251 g/mol. The summed E-state index contributed by atoms with van der Waals surface area (Å²) in [6.45, 7) is 3.26. The number of benzene rings is 1. The van der Waals surface area contributed by atoms with Crippen LogP contribution in [0.3, 0.4) is 0 Å². The first-order valence-electron chi connectivity index (χ1n) is 4.88. The van der Waals surface area contributed by atoms with Crippen LogP contribution in [0.5, 0.6) is 0 Å². The van der Waals surface area contributed by atoms with Gasteiger partial charge in [0.15, 0.2) is 0 Å². The van der Waals surface area contributed by atoms with E-state index in [0.717, 1.165) is 5.56 Å². The van der Waals surface area contributed by atoms with Crippen LogP contribution in [-0.2, 0) is 0 Å². The smallest absolute Gasteiger partial charge is 0.382 e. The van der Waals surface area contributed by atoms with E-state index in [2.05, 4.69) is 5.32 Å². The molecule has 0 amide bonds. The Balaban J connectivity index is 2.70. The maximum absolute atomic E-state index is 12.1. The first kappa shape index (κ1) is 13.2. The Labute approximate surface area is 97.6 Å². The van der Waals surface area contributed by atoms with Crippen LogP contribution in [0.1, 0.15) is 18.9 Å². The highest BCUT2D eigenvalue weighted by Crippen LogP contribution is 2.26. The molecule has 0 saturated carbocycles. The van der Waals surface area contributed by atoms with Crippen molar-refractivity contribution >= 4 is 17.3 Å². The van der Waals surface area contributed by atoms with Crippen molar-refractivity contribution in [1.82, 2.24) is 0 Å². The van der Waals surface area contributed by atoms with Gasteiger partial charge in [0.2, 0.25) is 0 Å². The second-order valence-electron chi connectivity index (χ2n) is 3.78. The van der Waals surface area contributed by atoms with Crippen molar-refractivity contribution in [3.8, 4) is 0 Å². The quantitative estimate of drug-likeness (QED) is 0.840. The summed E-state index contributed by atoms with van der Waals surface area (Å²) < 4.78 is 36.4. The topological polar surface area (TPSA) is 12.0 Å². The molecule has 1 nitrogen and oxygen atoms in total. The standard InChI is InChI=1S/C11H13ClF3N/c1-7(6-11(13,14)15)16-10-5-3-4-9(12)8(10)2/h3-5,7,16H,6H2,1-2H3. The minimum absolute atomic E-state index is 0.546. The van der Waals surface area contributed by atoms with Gasteiger partial charge in [0.1, 0.15) is 0 Å². The third-order valence-corrected chi connectivity index (χ3v) is 2.62. The molecular weight excluding hydrogens is 239 g/mol. The number of hydrogen-bond acceptors (Lipinski definition) is 1. The van der Waals surface area contributed by atoms with Crippen molar-refractivity contribution in [2.75, 3.05) is 5.32 Å². The fourth-order valence-electron chi connectivity index (χ4n) is 1.43. The van der Waals surface area contributed by atoms with Gasteiger partial charge in [0.05, 0.1) is 6.42 Å². The Kier molecular flexibility index (Phi) is 4.08. The fourth-order valence-corrected chi connectivity index (χ4v) is 1.60. The lowest BCUT2D eigenvalue weighted by atomic mass is 10.1. The van der Waals surface area contributed by atoms with E-state index in [1.807, 2.05) is 0 Å². The molecule has 0 aliphatic carbocycles. The molecular formula is C11H13ClF3N. The molecule has 1 aromatic carbocycles. The molecule has 0 fully saturated rings. The number of rotatable bonds is 3. The Bertz CT molecular complexity index is 363. The summed E-state index contributed by atoms with van der Waals surface area (Å²) in [5.74, 6) is 0. The molecule has 1 aromatic rings. The van der Waals surface area contributed by atoms with Gasteiger partial charge in [-0.15, -0.1) is 0 Å². The van der Waals surface area contributed by atoms with Crippen LogP contribution in [-0.4, -0.2) is 12.2 Å². The summed E-state index contributed by atoms with van der Waals surface area (Å²) in [5.41, 5.74) is 1.41. The Morgan fingerprint density at radius 2 is 2.00 bits per heavy atom. The molecule has 1 rings (SSSR count). The zero-order valence-corrected chi connectivity index (χ0v) is 9.78. The number of hydrogen-bond donors (Lipinski definition) is 1. The molecule has 5 heteroatoms. The normalized spacial score (nSPS) is 13.6. The van der Waals surface area contributed by atoms with Gasteiger partial charge < -0.3 is 5.32 Å². The number of anilines is 1. The Morgan fingerprint density at radius 3 is 2.56 bits per heavy atom. The van der Waals surface area contributed by atoms with Gasteiger partial charge in [-0.25, -0.2) is 0 Å². The molecule has 16 heavy (non-hydrogen) atoms. The molecule has 1 unspecified atom stereocenters. The molecule has 0 bridgehead atoms. The fraction of sp³-hybridized carbons (Fsp3) is 0.455. The van der Waals surface area contributed by atoms with Crippen molar-refractivity contribution < 1.29 is 13.2 Å². The van der Waals surface area contributed by atoms with E-state index in [-0.39, 0.29) is 0 Å². The van der Waals surface area contributed by atoms with Crippen molar-refractivity contribution in [2.24, 2.45) is 0 Å². The van der Waals surface area contributed by atoms with Gasteiger partial charge in [-0.2, -0.15) is 13.2 Å². The lowest BCUT2D eigenvalue weighted by Crippen LogP contribution is -2.24. The van der Waals surface area contributed by atoms with Crippen LogP contribution >= 0.6 is 11.6 Å². The lowest BCUT2D eigenvalue weighted by Gasteiger charge is -2.18. The number of halogens is 4. The van der Waals surface area contributed by atoms with E-state index in [1.54, 1.807) is 25.1 Å². The summed E-state index contributed by atoms with van der Waals surface area (Å²) >= 11 is 5.87. The minimum Gasteiger partial charge on any atom is -0.382 e. The molecule has 0 radical (unpaired) electrons. The van der Waals surface area contributed by atoms with E-state index in [0.29, 0.717) is 10.7 Å². The minimum atomic E-state index is -4.15. The Hall–Kier alpha value is -0.900. The number of nitrogens with one attached hydrogen (secondary N) is 1. The largest absolute Gasteiger partial charge is 0.391 e. The van der Waals surface area contributed by atoms with Gasteiger partial charge >= 0.3 is 6.18 Å². The lowest BCUT2D eigenvalue weighted by molar-refractivity contribution is -0.136. The van der Waals surface area contributed by atoms with E-state index in [1.165, 1.54) is 6.92 Å². The van der Waals surface area contributed by atoms with Crippen LogP contribution in [0.4, 0.5) is 18.9 Å². The Morgan fingerprint density at radius 1 is 1.38 bits per heavy atom. The van der Waals surface area contributed by atoms with E-state index in [9.17, 15) is 13.2 Å². The predicted octanol–water partition coefficient (Wildman–Crippen LogP) is 4.40. The molecule has 0 aliphatic heterocycles. The zero-order valence-electron chi connectivity index (χ0n) is 9.03. The molecule has 0 spiro atoms. The highest BCUT2D eigenvalue weighted by molar-refractivity contribution is 6.31. The van der Waals surface area contributed by atoms with E-state index < -0.39 is 18.6 Å². The SMILES string of the molecule is Cc1c(Cl)cccc1NC(C)CC(F)(F)F. The second-order valence-corrected chi connectivity index (χ2v) is 4.18. The first-order valence-corrected chi connectivity index (χ1v) is 5.26. The maximum Gasteiger partial charge on any atom is 0.391 e. The number of alkyl halides is 3. The molecule has 0 aliphatic rings. The van der Waals surface area contributed by atoms with Crippen LogP contribution in [0.15, 0.2) is 18.2 Å². The first-order chi connectivity index (χ1) is 7.29. The average molecular weight is 252 g/mol. The molecule has 90 valence electrons. The third-order valence-electron chi connectivity index (χ3n) is 2.21. The van der Waals surface area contributed by atoms with E-state index >= 15 is 0 Å². The van der Waals surface area contributed by atoms with Crippen molar-refractivity contribution in [2.45, 2.75) is 32.5 Å². The van der Waals surface area contributed by atoms with E-state index in [4.69, 9.17) is 11.6 Å². The molecule has 0 heterocycles. The van der Waals surface area contributed by atoms with Crippen LogP contribution < -0.4 is 5.32 Å². The summed E-state index contributed by atoms with van der Waals surface area (Å²) in [5, 5.41) is 3.35. The van der Waals surface area contributed by atoms with Gasteiger partial charge in [-0.05, 0) is 31.5 Å². The summed E-state index contributed by atoms with van der Waals surface area (Å²) in [6.07, 6.45) is -5.02. The summed E-state index contributed by atoms with van der Waals surface area (Å²) in [7, 11) is 0. The average Bonchev–Trinajstić information content (AvgIpc) is 2.09. The van der Waals surface area contributed by atoms with Crippen molar-refractivity contribution in [1.29, 1.82) is 0 Å². The van der Waals surface area contributed by atoms with Gasteiger partial charge in [0, 0.05) is 16.8 Å². The molecule has 1 atom stereocenters. The highest BCUT2D eigenvalue weighted by atomic mass is 35.5. The van der Waals surface area contributed by atoms with Gasteiger partial charge in [-0.1, -0.05) is 17.7 Å². The maximum atomic E-state index is 12.1. The van der Waals surface area contributed by atoms with Crippen molar-refractivity contribution in [3.63, 3.8) is 0 Å². The molecule has 0 aromatic heterocycles. The third kappa shape index (κ3) is 3.93. The summed E-state index contributed by atoms with van der Waals surface area (Å²) in [6, 6.07) is 4.46. The second kappa shape index (κ2) is 4.95. The van der Waals surface area contributed by atoms with Crippen molar-refractivity contribution in [3.05, 3.63) is 28.8 Å². The highest BCUT2D eigenvalue weighted by Gasteiger charge is 2.30. The van der Waals surface area contributed by atoms with Crippen LogP contribution in [0, 0.1) is 6.92 Å². The molecule has 1 N–H and O–H groups in total. The predicted molar refractivity (Wildman–Crippen MR) is 59.9 cm³/mol. The van der Waals surface area contributed by atoms with Gasteiger partial charge in [-0.3, -0.25) is 0 Å². The van der Waals surface area contributed by atoms with Crippen LogP contribution in [0.2, 0.25) is 5.02 Å². The van der Waals surface area contributed by atoms with Crippen LogP contribution in [0.25, 0.3) is 0 Å². The molecule has 0 saturated heterocycles. The summed E-state index contributed by atoms with van der Waals surface area (Å²) in [4.78, 5) is 0.